The second-order valence-electron chi connectivity index (χ2n) is 6.72. The van der Waals surface area contributed by atoms with Crippen LogP contribution in [0.15, 0.2) is 54.7 Å². The number of H-pyrrole nitrogens is 1. The number of hydrogen-bond donors (Lipinski definition) is 2. The van der Waals surface area contributed by atoms with E-state index in [-0.39, 0.29) is 0 Å². The molecule has 0 aliphatic carbocycles. The van der Waals surface area contributed by atoms with E-state index in [1.165, 1.54) is 11.0 Å². The Balaban J connectivity index is 1.81. The van der Waals surface area contributed by atoms with E-state index in [4.69, 9.17) is 11.6 Å². The molecule has 5 heteroatoms. The lowest BCUT2D eigenvalue weighted by atomic mass is 10.2. The predicted octanol–water partition coefficient (Wildman–Crippen LogP) is 2.95. The average Bonchev–Trinajstić information content (AvgIpc) is 3.22. The Bertz CT molecular complexity index is 1030. The van der Waals surface area contributed by atoms with Crippen LogP contribution in [0.5, 0.6) is 0 Å². The maximum Gasteiger partial charge on any atom is 0.368 e. The zero-order chi connectivity index (χ0) is 18.1. The van der Waals surface area contributed by atoms with Gasteiger partial charge >= 0.3 is 5.78 Å². The summed E-state index contributed by atoms with van der Waals surface area (Å²) >= 11 is 6.04. The lowest BCUT2D eigenvalue weighted by molar-refractivity contribution is -0.912. The molecule has 0 unspecified atom stereocenters. The van der Waals surface area contributed by atoms with Gasteiger partial charge in [-0.1, -0.05) is 23.7 Å². The van der Waals surface area contributed by atoms with E-state index in [1.54, 1.807) is 4.90 Å². The number of quaternary nitrogens is 1. The first kappa shape index (κ1) is 17.1. The molecule has 0 aliphatic heterocycles. The van der Waals surface area contributed by atoms with Gasteiger partial charge in [0.05, 0.1) is 13.1 Å². The molecule has 2 heterocycles. The number of aromatic amines is 1. The molecule has 0 aliphatic rings. The molecule has 26 heavy (non-hydrogen) atoms. The van der Waals surface area contributed by atoms with Crippen molar-refractivity contribution in [3.63, 3.8) is 0 Å². The lowest BCUT2D eigenvalue weighted by Gasteiger charge is -2.14. The Labute approximate surface area is 158 Å². The van der Waals surface area contributed by atoms with Gasteiger partial charge in [0.2, 0.25) is 0 Å². The zero-order valence-electron chi connectivity index (χ0n) is 15.3. The van der Waals surface area contributed by atoms with Crippen LogP contribution in [0.3, 0.4) is 0 Å². The van der Waals surface area contributed by atoms with Crippen molar-refractivity contribution >= 4 is 28.4 Å². The van der Waals surface area contributed by atoms with Crippen molar-refractivity contribution in [2.45, 2.75) is 20.4 Å². The number of likely N-dealkylation sites (N-methyl/N-ethyl adjacent to an activating group) is 1. The highest BCUT2D eigenvalue weighted by Gasteiger charge is 2.22. The van der Waals surface area contributed by atoms with Crippen molar-refractivity contribution in [1.82, 2.24) is 9.38 Å². The molecule has 4 rings (SSSR count). The van der Waals surface area contributed by atoms with Crippen LogP contribution in [0.4, 0.5) is 0 Å². The Morgan fingerprint density at radius 2 is 1.77 bits per heavy atom. The average molecular weight is 369 g/mol. The number of benzene rings is 2. The number of aromatic nitrogens is 3. The molecule has 0 saturated heterocycles. The topological polar surface area (TPSA) is 28.5 Å². The number of hydrogen-bond acceptors (Lipinski definition) is 0. The molecule has 0 fully saturated rings. The van der Waals surface area contributed by atoms with E-state index in [1.807, 2.05) is 12.1 Å². The number of imidazole rings is 2. The number of halogens is 1. The summed E-state index contributed by atoms with van der Waals surface area (Å²) in [5, 5.41) is 0.759. The molecular formula is C21H25ClN4+2. The molecule has 4 nitrogen and oxygen atoms in total. The van der Waals surface area contributed by atoms with Gasteiger partial charge in [-0.3, -0.25) is 0 Å². The molecule has 0 spiro atoms. The fourth-order valence-corrected chi connectivity index (χ4v) is 3.80. The Morgan fingerprint density at radius 1 is 1.04 bits per heavy atom. The molecule has 134 valence electrons. The van der Waals surface area contributed by atoms with Gasteiger partial charge in [0.25, 0.3) is 0 Å². The third kappa shape index (κ3) is 3.00. The Kier molecular flexibility index (Phi) is 4.70. The van der Waals surface area contributed by atoms with Crippen LogP contribution < -0.4 is 9.47 Å². The molecule has 0 atom stereocenters. The van der Waals surface area contributed by atoms with E-state index in [0.29, 0.717) is 0 Å². The first-order valence-corrected chi connectivity index (χ1v) is 9.70. The number of para-hydroxylation sites is 2. The minimum Gasteiger partial charge on any atom is -0.333 e. The van der Waals surface area contributed by atoms with E-state index in [9.17, 15) is 0 Å². The molecule has 2 aromatic heterocycles. The van der Waals surface area contributed by atoms with Crippen molar-refractivity contribution < 1.29 is 9.47 Å². The van der Waals surface area contributed by atoms with E-state index < -0.39 is 0 Å². The third-order valence-corrected chi connectivity index (χ3v) is 5.52. The van der Waals surface area contributed by atoms with Gasteiger partial charge in [0.15, 0.2) is 0 Å². The monoisotopic (exact) mass is 368 g/mol. The van der Waals surface area contributed by atoms with E-state index >= 15 is 0 Å². The van der Waals surface area contributed by atoms with Crippen molar-refractivity contribution in [3.05, 3.63) is 59.8 Å². The highest BCUT2D eigenvalue weighted by Crippen LogP contribution is 2.23. The highest BCUT2D eigenvalue weighted by atomic mass is 35.5. The number of nitrogens with zero attached hydrogens (tertiary/aromatic N) is 2. The molecule has 2 N–H and O–H groups in total. The predicted molar refractivity (Wildman–Crippen MR) is 107 cm³/mol. The summed E-state index contributed by atoms with van der Waals surface area (Å²) in [6.07, 6.45) is 2.18. The summed E-state index contributed by atoms with van der Waals surface area (Å²) in [6.45, 7) is 8.94. The minimum absolute atomic E-state index is 0.759. The number of fused-ring (bicyclic) bond motifs is 3. The Morgan fingerprint density at radius 3 is 2.50 bits per heavy atom. The van der Waals surface area contributed by atoms with Crippen molar-refractivity contribution in [2.24, 2.45) is 0 Å². The van der Waals surface area contributed by atoms with Gasteiger partial charge in [-0.2, -0.15) is 4.40 Å². The SMILES string of the molecule is CC[NH+](CC)CC[n+]1c2ccccc2n2cc(-c3ccc(Cl)cc3)[nH]c21. The van der Waals surface area contributed by atoms with Crippen LogP contribution in [0.1, 0.15) is 13.8 Å². The van der Waals surface area contributed by atoms with E-state index in [0.717, 1.165) is 48.2 Å². The maximum atomic E-state index is 6.04. The highest BCUT2D eigenvalue weighted by molar-refractivity contribution is 6.30. The van der Waals surface area contributed by atoms with E-state index in [2.05, 4.69) is 70.4 Å². The van der Waals surface area contributed by atoms with Crippen molar-refractivity contribution in [2.75, 3.05) is 19.6 Å². The largest absolute Gasteiger partial charge is 0.368 e. The molecule has 0 radical (unpaired) electrons. The second kappa shape index (κ2) is 7.14. The van der Waals surface area contributed by atoms with Crippen molar-refractivity contribution in [3.8, 4) is 11.3 Å². The Hall–Kier alpha value is -2.30. The second-order valence-corrected chi connectivity index (χ2v) is 7.15. The molecule has 0 saturated carbocycles. The fraction of sp³-hybridized carbons (Fsp3) is 0.286. The third-order valence-electron chi connectivity index (χ3n) is 5.26. The van der Waals surface area contributed by atoms with Crippen LogP contribution >= 0.6 is 11.6 Å². The molecule has 2 aromatic carbocycles. The minimum atomic E-state index is 0.759. The fourth-order valence-electron chi connectivity index (χ4n) is 3.67. The maximum absolute atomic E-state index is 6.04. The van der Waals surface area contributed by atoms with Gasteiger partial charge in [-0.05, 0) is 50.2 Å². The molecule has 4 aromatic rings. The van der Waals surface area contributed by atoms with Gasteiger partial charge in [0, 0.05) is 10.6 Å². The lowest BCUT2D eigenvalue weighted by Crippen LogP contribution is -3.12. The summed E-state index contributed by atoms with van der Waals surface area (Å²) in [5.74, 6) is 1.13. The smallest absolute Gasteiger partial charge is 0.333 e. The van der Waals surface area contributed by atoms with Gasteiger partial charge in [-0.15, -0.1) is 0 Å². The van der Waals surface area contributed by atoms with Crippen LogP contribution in [-0.4, -0.2) is 29.0 Å². The van der Waals surface area contributed by atoms with Crippen LogP contribution in [0.2, 0.25) is 5.02 Å². The first-order valence-electron chi connectivity index (χ1n) is 9.32. The van der Waals surface area contributed by atoms with Gasteiger partial charge in [-0.25, -0.2) is 9.55 Å². The first-order chi connectivity index (χ1) is 12.7. The quantitative estimate of drug-likeness (QED) is 0.490. The summed E-state index contributed by atoms with van der Waals surface area (Å²) in [6, 6.07) is 16.6. The molecule has 0 amide bonds. The number of nitrogens with one attached hydrogen (secondary N) is 2. The molecular weight excluding hydrogens is 344 g/mol. The standard InChI is InChI=1S/C21H23ClN4/c1-3-24(4-2)13-14-25-19-7-5-6-8-20(19)26-15-18(23-21(25)26)16-9-11-17(22)12-10-16/h5-12,15H,3-4,13-14H2,1-2H3/p+2. The summed E-state index contributed by atoms with van der Waals surface area (Å²) in [5.41, 5.74) is 4.75. The van der Waals surface area contributed by atoms with Crippen LogP contribution in [0, 0.1) is 0 Å². The molecule has 0 bridgehead atoms. The van der Waals surface area contributed by atoms with Crippen molar-refractivity contribution in [1.29, 1.82) is 0 Å². The normalized spacial score (nSPS) is 11.8. The van der Waals surface area contributed by atoms with Crippen LogP contribution in [-0.2, 0) is 6.54 Å². The number of rotatable bonds is 6. The summed E-state index contributed by atoms with van der Waals surface area (Å²) < 4.78 is 4.66. The summed E-state index contributed by atoms with van der Waals surface area (Å²) in [7, 11) is 0. The summed E-state index contributed by atoms with van der Waals surface area (Å²) in [4.78, 5) is 5.24. The van der Waals surface area contributed by atoms with Gasteiger partial charge in [0.1, 0.15) is 36.0 Å². The van der Waals surface area contributed by atoms with Crippen LogP contribution in [0.25, 0.3) is 28.1 Å². The zero-order valence-corrected chi connectivity index (χ0v) is 16.1. The van der Waals surface area contributed by atoms with Gasteiger partial charge < -0.3 is 4.90 Å².